The number of anilines is 2. The van der Waals surface area contributed by atoms with Crippen molar-refractivity contribution in [1.29, 1.82) is 0 Å². The van der Waals surface area contributed by atoms with Crippen molar-refractivity contribution in [1.82, 2.24) is 19.4 Å². The van der Waals surface area contributed by atoms with Crippen LogP contribution in [0.25, 0.3) is 5.82 Å². The zero-order valence-corrected chi connectivity index (χ0v) is 31.1. The molecule has 18 heteroatoms. The summed E-state index contributed by atoms with van der Waals surface area (Å²) in [5.41, 5.74) is -3.10. The molecule has 4 aromatic rings. The molecule has 2 aromatic heterocycles. The number of ether oxygens (including phenoxy) is 1. The molecule has 54 heavy (non-hydrogen) atoms. The van der Waals surface area contributed by atoms with E-state index in [1.807, 2.05) is 4.72 Å². The number of esters is 1. The van der Waals surface area contributed by atoms with Gasteiger partial charge in [0.25, 0.3) is 21.5 Å². The molecule has 4 N–H and O–H groups in total. The third kappa shape index (κ3) is 9.61. The summed E-state index contributed by atoms with van der Waals surface area (Å²) in [4.78, 5) is 67.7. The summed E-state index contributed by atoms with van der Waals surface area (Å²) in [6, 6.07) is 7.12. The molecule has 288 valence electrons. The van der Waals surface area contributed by atoms with Gasteiger partial charge in [0.05, 0.1) is 34.8 Å². The van der Waals surface area contributed by atoms with E-state index in [1.54, 1.807) is 13.8 Å². The molecular weight excluding hydrogens is 730 g/mol. The largest absolute Gasteiger partial charge is 0.464 e. The molecule has 4 rings (SSSR count). The second-order valence-corrected chi connectivity index (χ2v) is 15.2. The van der Waals surface area contributed by atoms with Crippen LogP contribution in [0.4, 0.5) is 20.2 Å². The maximum atomic E-state index is 15.3. The van der Waals surface area contributed by atoms with E-state index >= 15 is 8.78 Å². The molecule has 0 aliphatic heterocycles. The summed E-state index contributed by atoms with van der Waals surface area (Å²) in [6.45, 7) is 7.68. The van der Waals surface area contributed by atoms with Crippen molar-refractivity contribution in [2.75, 3.05) is 23.3 Å². The third-order valence-electron chi connectivity index (χ3n) is 8.03. The van der Waals surface area contributed by atoms with Crippen molar-refractivity contribution >= 4 is 39.2 Å². The minimum Gasteiger partial charge on any atom is -0.464 e. The molecular formula is C36H40F2N6O9S. The van der Waals surface area contributed by atoms with Crippen LogP contribution >= 0.6 is 0 Å². The maximum Gasteiger partial charge on any atom is 0.336 e. The molecule has 0 aliphatic carbocycles. The topological polar surface area (TPSA) is 208 Å². The van der Waals surface area contributed by atoms with Gasteiger partial charge in [-0.3, -0.25) is 19.1 Å². The van der Waals surface area contributed by atoms with Gasteiger partial charge in [-0.2, -0.15) is 0 Å². The summed E-state index contributed by atoms with van der Waals surface area (Å²) in [5, 5.41) is 14.3. The van der Waals surface area contributed by atoms with E-state index in [0.29, 0.717) is 23.3 Å². The van der Waals surface area contributed by atoms with E-state index in [0.717, 1.165) is 16.7 Å². The number of halogens is 2. The molecule has 2 amide bonds. The molecule has 0 unspecified atom stereocenters. The number of aromatic nitrogens is 3. The van der Waals surface area contributed by atoms with Gasteiger partial charge >= 0.3 is 11.7 Å². The van der Waals surface area contributed by atoms with Gasteiger partial charge in [0, 0.05) is 43.2 Å². The lowest BCUT2D eigenvalue weighted by Gasteiger charge is -2.20. The maximum absolute atomic E-state index is 15.3. The summed E-state index contributed by atoms with van der Waals surface area (Å²) >= 11 is 0. The lowest BCUT2D eigenvalue weighted by Crippen LogP contribution is -2.44. The van der Waals surface area contributed by atoms with Gasteiger partial charge in [0.15, 0.2) is 0 Å². The summed E-state index contributed by atoms with van der Waals surface area (Å²) in [5.74, 6) is -5.32. The molecule has 2 heterocycles. The Kier molecular flexibility index (Phi) is 12.5. The van der Waals surface area contributed by atoms with Crippen LogP contribution in [0.1, 0.15) is 49.2 Å². The fraction of sp³-hybridized carbons (Fsp3) is 0.333. The van der Waals surface area contributed by atoms with Crippen LogP contribution in [0.3, 0.4) is 0 Å². The van der Waals surface area contributed by atoms with Crippen LogP contribution in [0.5, 0.6) is 0 Å². The number of carbonyl (C=O) groups excluding carboxylic acids is 3. The zero-order valence-electron chi connectivity index (χ0n) is 30.3. The van der Waals surface area contributed by atoms with Crippen molar-refractivity contribution in [3.63, 3.8) is 0 Å². The van der Waals surface area contributed by atoms with Crippen LogP contribution < -0.4 is 26.6 Å². The van der Waals surface area contributed by atoms with Gasteiger partial charge in [-0.05, 0) is 68.7 Å². The van der Waals surface area contributed by atoms with Crippen LogP contribution in [0, 0.1) is 29.9 Å². The molecule has 0 saturated heterocycles. The smallest absolute Gasteiger partial charge is 0.336 e. The standard InChI is InChI=1S/C36H40F2N6O9S/c1-20(2)18-53-33(48)29(13-22-7-12-30(39-16-22)44-32(47)21(3)17-43(6)35(44)50)41-31(46)25-14-27(38)28(15-26(25)37)42-54(51,52)24-10-8-23(9-11-24)40-34(49)36(4,5)19-45/h7-12,14-17,20,29,42,45H,13,18-19H2,1-6H3,(H,40,49)(H,41,46)/t29-/m0/s1. The van der Waals surface area contributed by atoms with Crippen molar-refractivity contribution < 1.29 is 41.4 Å². The van der Waals surface area contributed by atoms with E-state index in [9.17, 15) is 37.5 Å². The number of benzene rings is 2. The van der Waals surface area contributed by atoms with Gasteiger partial charge in [-0.1, -0.05) is 19.9 Å². The number of rotatable bonds is 14. The molecule has 15 nitrogen and oxygen atoms in total. The lowest BCUT2D eigenvalue weighted by molar-refractivity contribution is -0.147. The van der Waals surface area contributed by atoms with Gasteiger partial charge in [-0.25, -0.2) is 36.3 Å². The molecule has 0 radical (unpaired) electrons. The van der Waals surface area contributed by atoms with E-state index in [-0.39, 0.29) is 35.3 Å². The Morgan fingerprint density at radius 1 is 1.02 bits per heavy atom. The number of amides is 2. The molecule has 0 spiro atoms. The van der Waals surface area contributed by atoms with E-state index in [1.165, 1.54) is 69.0 Å². The van der Waals surface area contributed by atoms with Crippen molar-refractivity contribution in [2.45, 2.75) is 52.0 Å². The Balaban J connectivity index is 1.53. The molecule has 0 saturated carbocycles. The number of aliphatic hydroxyl groups excluding tert-OH is 1. The Bertz CT molecular complexity index is 2260. The third-order valence-corrected chi connectivity index (χ3v) is 9.41. The minimum atomic E-state index is -4.49. The van der Waals surface area contributed by atoms with Gasteiger partial charge in [0.2, 0.25) is 5.91 Å². The number of hydrogen-bond acceptors (Lipinski definition) is 10. The second-order valence-electron chi connectivity index (χ2n) is 13.6. The molecule has 0 bridgehead atoms. The highest BCUT2D eigenvalue weighted by Gasteiger charge is 2.28. The van der Waals surface area contributed by atoms with Gasteiger partial charge in [-0.15, -0.1) is 0 Å². The van der Waals surface area contributed by atoms with Gasteiger partial charge in [0.1, 0.15) is 23.5 Å². The van der Waals surface area contributed by atoms with Crippen LogP contribution in [0.15, 0.2) is 75.4 Å². The fourth-order valence-electron chi connectivity index (χ4n) is 4.80. The highest BCUT2D eigenvalue weighted by Crippen LogP contribution is 2.25. The summed E-state index contributed by atoms with van der Waals surface area (Å²) in [6.07, 6.45) is 2.43. The average Bonchev–Trinajstić information content (AvgIpc) is 3.11. The van der Waals surface area contributed by atoms with Crippen molar-refractivity contribution in [3.05, 3.63) is 110 Å². The zero-order chi connectivity index (χ0) is 40.1. The molecule has 0 fully saturated rings. The second kappa shape index (κ2) is 16.5. The molecule has 0 aliphatic rings. The Morgan fingerprint density at radius 3 is 2.28 bits per heavy atom. The Hall–Kier alpha value is -5.75. The van der Waals surface area contributed by atoms with E-state index in [2.05, 4.69) is 15.6 Å². The van der Waals surface area contributed by atoms with Crippen LogP contribution in [0.2, 0.25) is 0 Å². The predicted octanol–water partition coefficient (Wildman–Crippen LogP) is 2.82. The Labute approximate surface area is 309 Å². The van der Waals surface area contributed by atoms with Crippen LogP contribution in [-0.4, -0.2) is 64.7 Å². The lowest BCUT2D eigenvalue weighted by atomic mass is 9.93. The first-order valence-corrected chi connectivity index (χ1v) is 18.0. The molecule has 2 aromatic carbocycles. The number of sulfonamides is 1. The number of nitrogens with one attached hydrogen (secondary N) is 3. The fourth-order valence-corrected chi connectivity index (χ4v) is 5.86. The number of aliphatic hydroxyl groups is 1. The Morgan fingerprint density at radius 2 is 1.69 bits per heavy atom. The van der Waals surface area contributed by atoms with E-state index < -0.39 is 80.0 Å². The highest BCUT2D eigenvalue weighted by molar-refractivity contribution is 7.92. The van der Waals surface area contributed by atoms with Crippen molar-refractivity contribution in [3.8, 4) is 5.82 Å². The number of aryl methyl sites for hydroxylation is 2. The number of pyridine rings is 1. The minimum absolute atomic E-state index is 0.00755. The number of carbonyl (C=O) groups is 3. The summed E-state index contributed by atoms with van der Waals surface area (Å²) < 4.78 is 65.9. The first-order valence-electron chi connectivity index (χ1n) is 16.5. The normalized spacial score (nSPS) is 12.3. The first kappa shape index (κ1) is 41.0. The monoisotopic (exact) mass is 770 g/mol. The first-order chi connectivity index (χ1) is 25.2. The molecule has 1 atom stereocenters. The quantitative estimate of drug-likeness (QED) is 0.138. The van der Waals surface area contributed by atoms with Gasteiger partial charge < -0.3 is 25.0 Å². The number of hydrogen-bond donors (Lipinski definition) is 4. The van der Waals surface area contributed by atoms with E-state index in [4.69, 9.17) is 4.74 Å². The van der Waals surface area contributed by atoms with Crippen molar-refractivity contribution in [2.24, 2.45) is 18.4 Å². The number of nitrogens with zero attached hydrogens (tertiary/aromatic N) is 3. The average molecular weight is 771 g/mol. The van der Waals surface area contributed by atoms with Crippen LogP contribution in [-0.2, 0) is 37.8 Å². The summed E-state index contributed by atoms with van der Waals surface area (Å²) in [7, 11) is -3.01. The highest BCUT2D eigenvalue weighted by atomic mass is 32.2. The SMILES string of the molecule is Cc1cn(C)c(=O)n(-c2ccc(C[C@H](NC(=O)c3cc(F)c(NS(=O)(=O)c4ccc(NC(=O)C(C)(C)CO)cc4)cc3F)C(=O)OCC(C)C)cn2)c1=O. The predicted molar refractivity (Wildman–Crippen MR) is 194 cm³/mol.